The van der Waals surface area contributed by atoms with Crippen molar-refractivity contribution in [1.82, 2.24) is 34.8 Å². The van der Waals surface area contributed by atoms with Gasteiger partial charge in [-0.3, -0.25) is 24.0 Å². The number of sulfonamides is 1. The van der Waals surface area contributed by atoms with E-state index in [4.69, 9.17) is 19.2 Å². The molecule has 0 radical (unpaired) electrons. The molecule has 17 nitrogen and oxygen atoms in total. The number of ether oxygens (including phenoxy) is 3. The number of pyridine rings is 2. The van der Waals surface area contributed by atoms with Gasteiger partial charge in [0.1, 0.15) is 40.2 Å². The number of hydrogen-bond acceptors (Lipinski definition) is 13. The van der Waals surface area contributed by atoms with E-state index in [1.165, 1.54) is 18.3 Å². The van der Waals surface area contributed by atoms with Gasteiger partial charge in [0.2, 0.25) is 27.7 Å². The van der Waals surface area contributed by atoms with Gasteiger partial charge in [0, 0.05) is 60.5 Å². The Kier molecular flexibility index (Phi) is 13.9. The van der Waals surface area contributed by atoms with Crippen LogP contribution in [0, 0.1) is 17.8 Å². The second-order valence-corrected chi connectivity index (χ2v) is 22.8. The lowest BCUT2D eigenvalue weighted by Gasteiger charge is -2.50. The van der Waals surface area contributed by atoms with Gasteiger partial charge >= 0.3 is 12.3 Å². The van der Waals surface area contributed by atoms with Gasteiger partial charge in [-0.05, 0) is 90.0 Å². The number of amides is 4. The first kappa shape index (κ1) is 50.1. The molecule has 3 aliphatic heterocycles. The van der Waals surface area contributed by atoms with Crippen molar-refractivity contribution in [2.75, 3.05) is 19.8 Å². The molecule has 8 rings (SSSR count). The Balaban J connectivity index is 1.20. The number of carboxylic acid groups (broad SMARTS) is 1. The number of nitrogens with zero attached hydrogens (tertiary/aromatic N) is 5. The smallest absolute Gasteiger partial charge is 0.414 e. The Morgan fingerprint density at radius 1 is 1.10 bits per heavy atom. The van der Waals surface area contributed by atoms with Crippen molar-refractivity contribution in [3.8, 4) is 33.6 Å². The molecule has 0 bridgehead atoms. The van der Waals surface area contributed by atoms with E-state index in [2.05, 4.69) is 20.0 Å². The van der Waals surface area contributed by atoms with Crippen molar-refractivity contribution in [2.45, 2.75) is 139 Å². The third kappa shape index (κ3) is 10.2. The Morgan fingerprint density at radius 2 is 1.86 bits per heavy atom. The normalized spacial score (nSPS) is 29.4. The third-order valence-corrected chi connectivity index (χ3v) is 17.0. The summed E-state index contributed by atoms with van der Waals surface area (Å²) in [5, 5.41) is 16.0. The van der Waals surface area contributed by atoms with E-state index in [0.717, 1.165) is 4.90 Å². The van der Waals surface area contributed by atoms with Crippen LogP contribution >= 0.6 is 11.3 Å². The number of alkyl halides is 3. The van der Waals surface area contributed by atoms with E-state index in [1.807, 2.05) is 26.8 Å². The number of carbonyl (C=O) groups excluding carboxylic acids is 3. The van der Waals surface area contributed by atoms with E-state index in [-0.39, 0.29) is 61.5 Å². The van der Waals surface area contributed by atoms with Crippen LogP contribution in [0.4, 0.5) is 18.0 Å². The van der Waals surface area contributed by atoms with Crippen LogP contribution < -0.4 is 19.5 Å². The minimum Gasteiger partial charge on any atom is -0.488 e. The summed E-state index contributed by atoms with van der Waals surface area (Å²) in [4.78, 5) is 73.0. The predicted molar refractivity (Wildman–Crippen MR) is 246 cm³/mol. The molecule has 4 amide bonds. The fourth-order valence-corrected chi connectivity index (χ4v) is 11.8. The summed E-state index contributed by atoms with van der Waals surface area (Å²) in [5.74, 6) is -4.14. The van der Waals surface area contributed by atoms with Crippen molar-refractivity contribution in [1.29, 1.82) is 0 Å². The molecule has 0 spiro atoms. The molecule has 5 aliphatic rings. The van der Waals surface area contributed by atoms with Crippen LogP contribution in [-0.4, -0.2) is 128 Å². The van der Waals surface area contributed by atoms with Crippen LogP contribution in [0.1, 0.15) is 92.4 Å². The van der Waals surface area contributed by atoms with Gasteiger partial charge < -0.3 is 29.5 Å². The summed E-state index contributed by atoms with van der Waals surface area (Å²) in [7, 11) is -4.16. The molecular weight excluding hydrogens is 944 g/mol. The number of carbonyl (C=O) groups is 4. The highest BCUT2D eigenvalue weighted by Gasteiger charge is 2.66. The molecule has 0 aromatic carbocycles. The van der Waals surface area contributed by atoms with Crippen molar-refractivity contribution in [2.24, 2.45) is 17.8 Å². The largest absolute Gasteiger partial charge is 0.488 e. The summed E-state index contributed by atoms with van der Waals surface area (Å²) >= 11 is 1.32. The Bertz CT molecular complexity index is 2550. The summed E-state index contributed by atoms with van der Waals surface area (Å²) in [6.07, 6.45) is -0.828. The molecule has 22 heteroatoms. The van der Waals surface area contributed by atoms with E-state index < -0.39 is 98.9 Å². The van der Waals surface area contributed by atoms with Gasteiger partial charge in [0.05, 0.1) is 29.7 Å². The van der Waals surface area contributed by atoms with E-state index in [1.54, 1.807) is 55.0 Å². The molecule has 2 saturated heterocycles. The zero-order valence-electron chi connectivity index (χ0n) is 39.0. The fraction of sp³-hybridized carbons (Fsp3) is 0.596. The molecule has 8 atom stereocenters. The number of aromatic nitrogens is 3. The molecule has 2 aliphatic carbocycles. The van der Waals surface area contributed by atoms with Gasteiger partial charge in [-0.25, -0.2) is 28.2 Å². The molecule has 3 aromatic rings. The second-order valence-electron chi connectivity index (χ2n) is 19.7. The van der Waals surface area contributed by atoms with Crippen LogP contribution in [0.25, 0.3) is 22.0 Å². The van der Waals surface area contributed by atoms with Crippen LogP contribution in [0.3, 0.4) is 0 Å². The molecule has 69 heavy (non-hydrogen) atoms. The average Bonchev–Trinajstić information content (AvgIpc) is 4.04. The summed E-state index contributed by atoms with van der Waals surface area (Å²) in [6, 6.07) is 3.23. The quantitative estimate of drug-likeness (QED) is 0.170. The average molecular weight is 1000 g/mol. The van der Waals surface area contributed by atoms with Crippen molar-refractivity contribution in [3.63, 3.8) is 0 Å². The van der Waals surface area contributed by atoms with E-state index in [9.17, 15) is 27.9 Å². The lowest BCUT2D eigenvalue weighted by Crippen LogP contribution is -2.71. The molecule has 6 heterocycles. The van der Waals surface area contributed by atoms with Crippen LogP contribution in [-0.2, 0) is 29.1 Å². The number of allylic oxidation sites excluding steroid dienone is 1. The minimum absolute atomic E-state index is 0.0305. The third-order valence-electron chi connectivity index (χ3n) is 14.0. The summed E-state index contributed by atoms with van der Waals surface area (Å²) < 4.78 is 92.1. The number of hydrogen-bond donors (Lipinski definition) is 3. The number of fused-ring (bicyclic) bond motifs is 2. The topological polar surface area (TPSA) is 220 Å². The van der Waals surface area contributed by atoms with Gasteiger partial charge in [0.15, 0.2) is 5.54 Å². The van der Waals surface area contributed by atoms with Gasteiger partial charge in [0.25, 0.3) is 5.91 Å². The van der Waals surface area contributed by atoms with E-state index >= 15 is 18.0 Å². The van der Waals surface area contributed by atoms with Crippen LogP contribution in [0.5, 0.6) is 11.6 Å². The van der Waals surface area contributed by atoms with Crippen LogP contribution in [0.2, 0.25) is 0 Å². The molecule has 2 saturated carbocycles. The van der Waals surface area contributed by atoms with Gasteiger partial charge in [-0.1, -0.05) is 26.0 Å². The van der Waals surface area contributed by atoms with E-state index in [0.29, 0.717) is 53.5 Å². The van der Waals surface area contributed by atoms with Crippen molar-refractivity contribution in [3.05, 3.63) is 54.2 Å². The highest BCUT2D eigenvalue weighted by Crippen LogP contribution is 2.49. The number of thiazole rings is 1. The first-order valence-electron chi connectivity index (χ1n) is 23.3. The summed E-state index contributed by atoms with van der Waals surface area (Å²) in [5.41, 5.74) is -3.43. The molecular formula is C47H58F3N7O10S2. The maximum atomic E-state index is 15.5. The Hall–Kier alpha value is -5.35. The van der Waals surface area contributed by atoms with Crippen LogP contribution in [0.15, 0.2) is 54.2 Å². The SMILES string of the molecule is CC(C)Oc1ccc(-c2cc(O[C@@H]3C[C@H]4C(=O)N[C@]5(C(=O)NS(=O)(=O)C6(C)CC6)C[C@H]5C=CCC[C@@H](C)C[C@@H](C)[C@H](N(C(=O)O)C5(C(F)(F)F)CCCOC5)C(=O)N4C3)cc(-c3nccs3)n2)cn1. The Labute approximate surface area is 402 Å². The molecule has 374 valence electrons. The zero-order chi connectivity index (χ0) is 49.7. The summed E-state index contributed by atoms with van der Waals surface area (Å²) in [6.45, 7) is 7.20. The highest BCUT2D eigenvalue weighted by atomic mass is 32.2. The molecule has 3 N–H and O–H groups in total. The van der Waals surface area contributed by atoms with Crippen molar-refractivity contribution < 1.29 is 60.1 Å². The maximum Gasteiger partial charge on any atom is 0.414 e. The number of halogens is 3. The minimum atomic E-state index is -5.17. The fourth-order valence-electron chi connectivity index (χ4n) is 9.86. The highest BCUT2D eigenvalue weighted by molar-refractivity contribution is 7.91. The van der Waals surface area contributed by atoms with Gasteiger partial charge in [-0.2, -0.15) is 13.2 Å². The Morgan fingerprint density at radius 3 is 2.48 bits per heavy atom. The number of nitrogens with one attached hydrogen (secondary N) is 2. The molecule has 1 unspecified atom stereocenters. The molecule has 3 aromatic heterocycles. The predicted octanol–water partition coefficient (Wildman–Crippen LogP) is 6.75. The lowest BCUT2D eigenvalue weighted by molar-refractivity contribution is -0.260. The second kappa shape index (κ2) is 19.1. The van der Waals surface area contributed by atoms with Gasteiger partial charge in [-0.15, -0.1) is 11.3 Å². The first-order chi connectivity index (χ1) is 32.6. The van der Waals surface area contributed by atoms with Crippen molar-refractivity contribution >= 4 is 45.2 Å². The maximum absolute atomic E-state index is 15.5. The number of rotatable bonds is 11. The molecule has 4 fully saturated rings. The zero-order valence-corrected chi connectivity index (χ0v) is 40.7. The lowest BCUT2D eigenvalue weighted by atomic mass is 9.82. The monoisotopic (exact) mass is 1000 g/mol. The first-order valence-corrected chi connectivity index (χ1v) is 25.7. The standard InChI is InChI=1S/C47H58F3N7O10S2/c1-27(2)66-37-12-11-30(24-52-37)34-20-32(21-35(53-34)40-51-16-18-68-40)67-33-22-36-39(58)54-46(42(60)55-69(63,64)44(5)14-15-44)23-31(46)10-7-6-9-28(3)19-29(4)38(41(59)56(36)25-33)57(43(61)62)45(47(48,49)50)13-8-17-65-26-45/h7,10-12,16,18,20-21,24,27-29,31,33,36,38H,6,8-9,13-15,17,19,22-23,25-26H2,1-5H3,(H,54,58)(H,55,60)(H,61,62)/t28-,29-,31-,33-,36+,38+,45?,46-/m1/s1.